The highest BCUT2D eigenvalue weighted by Gasteiger charge is 2.32. The van der Waals surface area contributed by atoms with Crippen molar-refractivity contribution in [1.29, 1.82) is 0 Å². The van der Waals surface area contributed by atoms with E-state index < -0.39 is 6.23 Å². The SMILES string of the molecule is OC1CN(CCCSc2ncnc3nc[nH]c23)CCN1C(c1ccccc1)c1ccccc1. The van der Waals surface area contributed by atoms with Crippen LogP contribution in [0, 0.1) is 0 Å². The normalized spacial score (nSPS) is 17.7. The number of benzene rings is 2. The average molecular weight is 461 g/mol. The fourth-order valence-corrected chi connectivity index (χ4v) is 5.38. The topological polar surface area (TPSA) is 81.2 Å². The molecule has 1 unspecified atom stereocenters. The van der Waals surface area contributed by atoms with Crippen LogP contribution in [0.5, 0.6) is 0 Å². The third-order valence-electron chi connectivity index (χ3n) is 6.09. The lowest BCUT2D eigenvalue weighted by Crippen LogP contribution is -2.54. The number of rotatable bonds is 8. The number of thioether (sulfide) groups is 1. The van der Waals surface area contributed by atoms with Gasteiger partial charge in [0.05, 0.1) is 12.4 Å². The second-order valence-electron chi connectivity index (χ2n) is 8.22. The number of piperazine rings is 1. The standard InChI is InChI=1S/C25H28N6OS/c32-21-16-30(12-7-15-33-25-22-24(27-17-26-22)28-18-29-25)13-14-31(21)23(19-8-3-1-4-9-19)20-10-5-2-6-11-20/h1-6,8-11,17-18,21,23,32H,7,12-16H2,(H,26,27,28,29). The van der Waals surface area contributed by atoms with Gasteiger partial charge in [-0.3, -0.25) is 9.80 Å². The van der Waals surface area contributed by atoms with Crippen LogP contribution >= 0.6 is 11.8 Å². The summed E-state index contributed by atoms with van der Waals surface area (Å²) >= 11 is 1.72. The summed E-state index contributed by atoms with van der Waals surface area (Å²) in [5.74, 6) is 0.956. The van der Waals surface area contributed by atoms with Crippen molar-refractivity contribution >= 4 is 22.9 Å². The monoisotopic (exact) mass is 460 g/mol. The summed E-state index contributed by atoms with van der Waals surface area (Å²) in [5, 5.41) is 12.1. The lowest BCUT2D eigenvalue weighted by atomic mass is 9.96. The van der Waals surface area contributed by atoms with Crippen molar-refractivity contribution in [2.45, 2.75) is 23.7 Å². The highest BCUT2D eigenvalue weighted by atomic mass is 32.2. The molecule has 5 rings (SSSR count). The number of aromatic nitrogens is 4. The van der Waals surface area contributed by atoms with E-state index in [2.05, 4.69) is 78.3 Å². The molecule has 1 saturated heterocycles. The number of hydrogen-bond donors (Lipinski definition) is 2. The van der Waals surface area contributed by atoms with Gasteiger partial charge in [0.15, 0.2) is 5.65 Å². The smallest absolute Gasteiger partial charge is 0.181 e. The number of H-pyrrole nitrogens is 1. The van der Waals surface area contributed by atoms with Crippen molar-refractivity contribution in [3.05, 3.63) is 84.4 Å². The summed E-state index contributed by atoms with van der Waals surface area (Å²) in [5.41, 5.74) is 4.03. The van der Waals surface area contributed by atoms with Crippen molar-refractivity contribution in [1.82, 2.24) is 29.7 Å². The van der Waals surface area contributed by atoms with Crippen molar-refractivity contribution < 1.29 is 5.11 Å². The number of aliphatic hydroxyl groups excluding tert-OH is 1. The van der Waals surface area contributed by atoms with Crippen LogP contribution in [-0.2, 0) is 0 Å². The molecule has 1 fully saturated rings. The molecule has 1 aliphatic rings. The quantitative estimate of drug-likeness (QED) is 0.236. The minimum atomic E-state index is -0.511. The van der Waals surface area contributed by atoms with Gasteiger partial charge in [-0.2, -0.15) is 0 Å². The highest BCUT2D eigenvalue weighted by Crippen LogP contribution is 2.31. The number of hydrogen-bond acceptors (Lipinski definition) is 7. The van der Waals surface area contributed by atoms with Crippen molar-refractivity contribution in [2.24, 2.45) is 0 Å². The fourth-order valence-electron chi connectivity index (χ4n) is 4.49. The number of aromatic amines is 1. The van der Waals surface area contributed by atoms with Crippen molar-refractivity contribution in [3.8, 4) is 0 Å². The van der Waals surface area contributed by atoms with Gasteiger partial charge in [-0.05, 0) is 24.1 Å². The molecule has 2 N–H and O–H groups in total. The maximum Gasteiger partial charge on any atom is 0.181 e. The van der Waals surface area contributed by atoms with Gasteiger partial charge in [-0.25, -0.2) is 15.0 Å². The zero-order chi connectivity index (χ0) is 22.5. The van der Waals surface area contributed by atoms with E-state index in [1.165, 1.54) is 11.1 Å². The fraction of sp³-hybridized carbons (Fsp3) is 0.320. The van der Waals surface area contributed by atoms with E-state index in [-0.39, 0.29) is 6.04 Å². The Morgan fingerprint density at radius 3 is 2.39 bits per heavy atom. The molecule has 0 saturated carbocycles. The molecule has 0 radical (unpaired) electrons. The summed E-state index contributed by atoms with van der Waals surface area (Å²) in [6.07, 6.45) is 3.74. The largest absolute Gasteiger partial charge is 0.377 e. The molecule has 3 heterocycles. The Morgan fingerprint density at radius 2 is 1.70 bits per heavy atom. The third-order valence-corrected chi connectivity index (χ3v) is 7.16. The molecule has 0 spiro atoms. The van der Waals surface area contributed by atoms with E-state index in [9.17, 15) is 5.11 Å². The molecular formula is C25H28N6OS. The first-order valence-electron chi connectivity index (χ1n) is 11.3. The molecule has 1 aliphatic heterocycles. The van der Waals surface area contributed by atoms with Gasteiger partial charge in [0, 0.05) is 25.4 Å². The molecule has 0 amide bonds. The van der Waals surface area contributed by atoms with Gasteiger partial charge in [0.25, 0.3) is 0 Å². The molecule has 170 valence electrons. The Hall–Kier alpha value is -2.78. The molecule has 33 heavy (non-hydrogen) atoms. The Bertz CT molecular complexity index is 1120. The van der Waals surface area contributed by atoms with Crippen LogP contribution in [0.1, 0.15) is 23.6 Å². The first-order chi connectivity index (χ1) is 16.3. The number of β-amino-alcohol motifs (C(OH)–C–C–N with tert-alkyl or cyclic N) is 1. The summed E-state index contributed by atoms with van der Waals surface area (Å²) < 4.78 is 0. The summed E-state index contributed by atoms with van der Waals surface area (Å²) in [6, 6.07) is 21.0. The van der Waals surface area contributed by atoms with Crippen LogP contribution in [-0.4, -0.2) is 73.0 Å². The Balaban J connectivity index is 1.18. The molecule has 7 nitrogen and oxygen atoms in total. The second-order valence-corrected chi connectivity index (χ2v) is 9.31. The predicted octanol–water partition coefficient (Wildman–Crippen LogP) is 3.56. The zero-order valence-electron chi connectivity index (χ0n) is 18.4. The first-order valence-corrected chi connectivity index (χ1v) is 12.3. The molecule has 0 aliphatic carbocycles. The molecule has 0 bridgehead atoms. The van der Waals surface area contributed by atoms with Gasteiger partial charge in [-0.1, -0.05) is 60.7 Å². The second kappa shape index (κ2) is 10.4. The summed E-state index contributed by atoms with van der Waals surface area (Å²) in [7, 11) is 0. The first kappa shape index (κ1) is 22.0. The Morgan fingerprint density at radius 1 is 0.970 bits per heavy atom. The lowest BCUT2D eigenvalue weighted by Gasteiger charge is -2.43. The minimum absolute atomic E-state index is 0.0506. The molecule has 8 heteroatoms. The van der Waals surface area contributed by atoms with E-state index in [0.29, 0.717) is 12.2 Å². The Kier molecular flexibility index (Phi) is 6.97. The maximum atomic E-state index is 11.1. The van der Waals surface area contributed by atoms with Crippen LogP contribution in [0.25, 0.3) is 11.2 Å². The van der Waals surface area contributed by atoms with Crippen LogP contribution < -0.4 is 0 Å². The van der Waals surface area contributed by atoms with Gasteiger partial charge in [0.2, 0.25) is 0 Å². The average Bonchev–Trinajstić information content (AvgIpc) is 3.34. The van der Waals surface area contributed by atoms with Crippen molar-refractivity contribution in [3.63, 3.8) is 0 Å². The summed E-state index contributed by atoms with van der Waals surface area (Å²) in [6.45, 7) is 3.37. The molecular weight excluding hydrogens is 432 g/mol. The van der Waals surface area contributed by atoms with Crippen LogP contribution in [0.15, 0.2) is 78.3 Å². The minimum Gasteiger partial charge on any atom is -0.377 e. The van der Waals surface area contributed by atoms with E-state index >= 15 is 0 Å². The third kappa shape index (κ3) is 5.09. The molecule has 2 aromatic carbocycles. The van der Waals surface area contributed by atoms with Gasteiger partial charge < -0.3 is 10.1 Å². The number of fused-ring (bicyclic) bond motifs is 1. The number of nitrogens with one attached hydrogen (secondary N) is 1. The zero-order valence-corrected chi connectivity index (χ0v) is 19.2. The van der Waals surface area contributed by atoms with E-state index in [1.807, 2.05) is 12.1 Å². The Labute approximate surface area is 197 Å². The molecule has 1 atom stereocenters. The van der Waals surface area contributed by atoms with Gasteiger partial charge >= 0.3 is 0 Å². The highest BCUT2D eigenvalue weighted by molar-refractivity contribution is 7.99. The molecule has 2 aromatic heterocycles. The van der Waals surface area contributed by atoms with E-state index in [0.717, 1.165) is 42.4 Å². The number of nitrogens with zero attached hydrogens (tertiary/aromatic N) is 5. The van der Waals surface area contributed by atoms with Gasteiger partial charge in [-0.15, -0.1) is 11.8 Å². The van der Waals surface area contributed by atoms with Crippen LogP contribution in [0.3, 0.4) is 0 Å². The lowest BCUT2D eigenvalue weighted by molar-refractivity contribution is -0.0711. The number of imidazole rings is 1. The summed E-state index contributed by atoms with van der Waals surface area (Å²) in [4.78, 5) is 20.5. The van der Waals surface area contributed by atoms with Crippen molar-refractivity contribution in [2.75, 3.05) is 31.9 Å². The van der Waals surface area contributed by atoms with E-state index in [1.54, 1.807) is 24.4 Å². The number of aliphatic hydroxyl groups is 1. The van der Waals surface area contributed by atoms with Gasteiger partial charge in [0.1, 0.15) is 23.1 Å². The maximum absolute atomic E-state index is 11.1. The van der Waals surface area contributed by atoms with Crippen LogP contribution in [0.2, 0.25) is 0 Å². The van der Waals surface area contributed by atoms with Crippen LogP contribution in [0.4, 0.5) is 0 Å². The predicted molar refractivity (Wildman–Crippen MR) is 131 cm³/mol. The van der Waals surface area contributed by atoms with E-state index in [4.69, 9.17) is 0 Å². The molecule has 4 aromatic rings.